The van der Waals surface area contributed by atoms with Gasteiger partial charge in [0.15, 0.2) is 6.61 Å². The van der Waals surface area contributed by atoms with Crippen molar-refractivity contribution in [2.45, 2.75) is 46.5 Å². The number of hydrogen-bond acceptors (Lipinski definition) is 6. The third-order valence-corrected chi connectivity index (χ3v) is 8.61. The molecule has 8 nitrogen and oxygen atoms in total. The molecule has 2 aliphatic rings. The number of thiazole rings is 1. The maximum atomic E-state index is 13.0. The number of nitrogens with zero attached hydrogens (tertiary/aromatic N) is 2. The van der Waals surface area contributed by atoms with Crippen LogP contribution in [0.15, 0.2) is 35.7 Å². The molecule has 34 heavy (non-hydrogen) atoms. The van der Waals surface area contributed by atoms with Crippen LogP contribution in [0.3, 0.4) is 0 Å². The SMILES string of the molecule is CC1(C)C(C(=O)N2CCC(c3nc(C(=O)NNC(=O)COc4ccccc4)cs3)CC2)C1(C)C. The van der Waals surface area contributed by atoms with Gasteiger partial charge in [-0.2, -0.15) is 0 Å². The van der Waals surface area contributed by atoms with E-state index in [1.807, 2.05) is 23.1 Å². The van der Waals surface area contributed by atoms with E-state index in [9.17, 15) is 14.4 Å². The molecule has 3 amide bonds. The maximum absolute atomic E-state index is 13.0. The molecule has 182 valence electrons. The summed E-state index contributed by atoms with van der Waals surface area (Å²) in [7, 11) is 0. The number of amides is 3. The molecule has 2 N–H and O–H groups in total. The smallest absolute Gasteiger partial charge is 0.289 e. The number of carbonyl (C=O) groups is 3. The monoisotopic (exact) mass is 484 g/mol. The van der Waals surface area contributed by atoms with Gasteiger partial charge in [-0.3, -0.25) is 25.2 Å². The summed E-state index contributed by atoms with van der Waals surface area (Å²) in [4.78, 5) is 43.8. The molecule has 1 saturated heterocycles. The fourth-order valence-electron chi connectivity index (χ4n) is 4.81. The summed E-state index contributed by atoms with van der Waals surface area (Å²) in [6.45, 7) is 9.90. The molecule has 0 bridgehead atoms. The summed E-state index contributed by atoms with van der Waals surface area (Å²) in [5.41, 5.74) is 5.08. The number of benzene rings is 1. The Hall–Kier alpha value is -2.94. The van der Waals surface area contributed by atoms with Gasteiger partial charge < -0.3 is 9.64 Å². The highest BCUT2D eigenvalue weighted by Crippen LogP contribution is 2.68. The molecule has 0 spiro atoms. The fourth-order valence-corrected chi connectivity index (χ4v) is 5.79. The second-order valence-electron chi connectivity index (χ2n) is 10.2. The van der Waals surface area contributed by atoms with Gasteiger partial charge in [0.05, 0.1) is 5.01 Å². The van der Waals surface area contributed by atoms with E-state index in [0.29, 0.717) is 18.8 Å². The molecule has 0 radical (unpaired) electrons. The summed E-state index contributed by atoms with van der Waals surface area (Å²) < 4.78 is 5.35. The van der Waals surface area contributed by atoms with E-state index in [2.05, 4.69) is 43.5 Å². The molecular formula is C25H32N4O4S. The predicted octanol–water partition coefficient (Wildman–Crippen LogP) is 3.37. The van der Waals surface area contributed by atoms with Gasteiger partial charge in [0, 0.05) is 30.3 Å². The predicted molar refractivity (Wildman–Crippen MR) is 129 cm³/mol. The number of ether oxygens (including phenoxy) is 1. The minimum Gasteiger partial charge on any atom is -0.484 e. The number of para-hydroxylation sites is 1. The number of hydrogen-bond donors (Lipinski definition) is 2. The second kappa shape index (κ2) is 9.37. The number of rotatable bonds is 6. The van der Waals surface area contributed by atoms with Gasteiger partial charge in [-0.1, -0.05) is 45.9 Å². The quantitative estimate of drug-likeness (QED) is 0.613. The lowest BCUT2D eigenvalue weighted by Gasteiger charge is -2.31. The summed E-state index contributed by atoms with van der Waals surface area (Å²) in [5.74, 6) is 0.211. The molecular weight excluding hydrogens is 452 g/mol. The Labute approximate surface area is 204 Å². The van der Waals surface area contributed by atoms with E-state index in [-0.39, 0.29) is 40.9 Å². The zero-order valence-electron chi connectivity index (χ0n) is 20.1. The van der Waals surface area contributed by atoms with Gasteiger partial charge >= 0.3 is 0 Å². The van der Waals surface area contributed by atoms with Crippen LogP contribution >= 0.6 is 11.3 Å². The Morgan fingerprint density at radius 3 is 2.32 bits per heavy atom. The van der Waals surface area contributed by atoms with Crippen molar-refractivity contribution >= 4 is 29.1 Å². The summed E-state index contributed by atoms with van der Waals surface area (Å²) in [5, 5.41) is 2.59. The largest absolute Gasteiger partial charge is 0.484 e. The van der Waals surface area contributed by atoms with Crippen molar-refractivity contribution in [1.29, 1.82) is 0 Å². The molecule has 2 heterocycles. The van der Waals surface area contributed by atoms with Crippen molar-refractivity contribution in [2.24, 2.45) is 16.7 Å². The third-order valence-electron chi connectivity index (χ3n) is 7.61. The zero-order valence-corrected chi connectivity index (χ0v) is 20.9. The number of hydrazine groups is 1. The lowest BCUT2D eigenvalue weighted by molar-refractivity contribution is -0.135. The van der Waals surface area contributed by atoms with Gasteiger partial charge in [-0.05, 0) is 35.8 Å². The van der Waals surface area contributed by atoms with Crippen molar-refractivity contribution in [3.05, 3.63) is 46.4 Å². The van der Waals surface area contributed by atoms with Crippen LogP contribution in [0.2, 0.25) is 0 Å². The Kier molecular flexibility index (Phi) is 6.66. The molecule has 1 aliphatic heterocycles. The number of carbonyl (C=O) groups excluding carboxylic acids is 3. The van der Waals surface area contributed by atoms with Crippen LogP contribution in [0.5, 0.6) is 5.75 Å². The highest BCUT2D eigenvalue weighted by Gasteiger charge is 2.68. The molecule has 1 saturated carbocycles. The van der Waals surface area contributed by atoms with Crippen LogP contribution < -0.4 is 15.6 Å². The first-order valence-corrected chi connectivity index (χ1v) is 12.5. The third kappa shape index (κ3) is 4.80. The summed E-state index contributed by atoms with van der Waals surface area (Å²) in [6, 6.07) is 8.97. The van der Waals surface area contributed by atoms with E-state index >= 15 is 0 Å². The highest BCUT2D eigenvalue weighted by atomic mass is 32.1. The summed E-state index contributed by atoms with van der Waals surface area (Å²) >= 11 is 1.44. The first kappa shape index (κ1) is 24.2. The average molecular weight is 485 g/mol. The van der Waals surface area contributed by atoms with E-state index in [1.54, 1.807) is 17.5 Å². The van der Waals surface area contributed by atoms with Crippen molar-refractivity contribution in [1.82, 2.24) is 20.7 Å². The van der Waals surface area contributed by atoms with E-state index in [4.69, 9.17) is 4.74 Å². The topological polar surface area (TPSA) is 101 Å². The first-order valence-electron chi connectivity index (χ1n) is 11.6. The van der Waals surface area contributed by atoms with Crippen molar-refractivity contribution in [3.63, 3.8) is 0 Å². The maximum Gasteiger partial charge on any atom is 0.289 e. The number of piperidine rings is 1. The van der Waals surface area contributed by atoms with Crippen LogP contribution in [0.25, 0.3) is 0 Å². The zero-order chi connectivity index (χ0) is 24.5. The van der Waals surface area contributed by atoms with Crippen molar-refractivity contribution in [2.75, 3.05) is 19.7 Å². The molecule has 1 aliphatic carbocycles. The highest BCUT2D eigenvalue weighted by molar-refractivity contribution is 7.09. The van der Waals surface area contributed by atoms with Crippen molar-refractivity contribution < 1.29 is 19.1 Å². The number of nitrogens with one attached hydrogen (secondary N) is 2. The van der Waals surface area contributed by atoms with Gasteiger partial charge in [0.1, 0.15) is 11.4 Å². The van der Waals surface area contributed by atoms with Gasteiger partial charge in [0.2, 0.25) is 5.91 Å². The molecule has 0 atom stereocenters. The molecule has 2 fully saturated rings. The van der Waals surface area contributed by atoms with Gasteiger partial charge in [-0.15, -0.1) is 11.3 Å². The minimum atomic E-state index is -0.471. The fraction of sp³-hybridized carbons (Fsp3) is 0.520. The average Bonchev–Trinajstić information content (AvgIpc) is 3.16. The van der Waals surface area contributed by atoms with E-state index in [1.165, 1.54) is 11.3 Å². The molecule has 1 aromatic heterocycles. The van der Waals surface area contributed by atoms with Crippen molar-refractivity contribution in [3.8, 4) is 5.75 Å². The van der Waals surface area contributed by atoms with E-state index in [0.717, 1.165) is 17.8 Å². The Bertz CT molecular complexity index is 1040. The number of likely N-dealkylation sites (tertiary alicyclic amines) is 1. The van der Waals surface area contributed by atoms with Crippen LogP contribution in [-0.4, -0.2) is 47.3 Å². The Morgan fingerprint density at radius 2 is 1.71 bits per heavy atom. The lowest BCUT2D eigenvalue weighted by atomic mass is 9.96. The Morgan fingerprint density at radius 1 is 1.06 bits per heavy atom. The van der Waals surface area contributed by atoms with Crippen LogP contribution in [-0.2, 0) is 9.59 Å². The Balaban J connectivity index is 1.22. The van der Waals surface area contributed by atoms with Gasteiger partial charge in [0.25, 0.3) is 11.8 Å². The van der Waals surface area contributed by atoms with Crippen LogP contribution in [0, 0.1) is 16.7 Å². The normalized spacial score (nSPS) is 19.4. The molecule has 9 heteroatoms. The van der Waals surface area contributed by atoms with E-state index < -0.39 is 11.8 Å². The van der Waals surface area contributed by atoms with Crippen LogP contribution in [0.1, 0.15) is 62.0 Å². The minimum absolute atomic E-state index is 0.0432. The lowest BCUT2D eigenvalue weighted by Crippen LogP contribution is -2.44. The summed E-state index contributed by atoms with van der Waals surface area (Å²) in [6.07, 6.45) is 1.67. The van der Waals surface area contributed by atoms with Crippen LogP contribution in [0.4, 0.5) is 0 Å². The number of aromatic nitrogens is 1. The molecule has 4 rings (SSSR count). The molecule has 1 aromatic carbocycles. The molecule has 0 unspecified atom stereocenters. The molecule has 2 aromatic rings. The van der Waals surface area contributed by atoms with Gasteiger partial charge in [-0.25, -0.2) is 4.98 Å². The second-order valence-corrected chi connectivity index (χ2v) is 11.0. The standard InChI is InChI=1S/C25H32N4O4S/c1-24(2)20(25(24,3)4)23(32)29-12-10-16(11-13-29)22-26-18(15-34-22)21(31)28-27-19(30)14-33-17-8-6-5-7-9-17/h5-9,15-16,20H,10-14H2,1-4H3,(H,27,30)(H,28,31). The first-order chi connectivity index (χ1) is 16.1.